The Morgan fingerprint density at radius 2 is 1.77 bits per heavy atom. The first-order chi connectivity index (χ1) is 10.3. The number of aryl methyl sites for hydroxylation is 2. The minimum absolute atomic E-state index is 0.207. The predicted molar refractivity (Wildman–Crippen MR) is 90.3 cm³/mol. The normalized spacial score (nSPS) is 11.8. The van der Waals surface area contributed by atoms with Crippen LogP contribution in [0.5, 0.6) is 0 Å². The van der Waals surface area contributed by atoms with Crippen LogP contribution in [0.2, 0.25) is 10.0 Å². The standard InChI is InChI=1S/C15H14Cl2N2O2S/c1-10-3-4-11(2)15(7-10)22(20,21)19-18-9-12-5-6-13(16)14(17)8-12/h3-9,19H,1-2H3/b18-9-. The van der Waals surface area contributed by atoms with Crippen molar-refractivity contribution in [3.8, 4) is 0 Å². The molecule has 0 fully saturated rings. The van der Waals surface area contributed by atoms with Crippen LogP contribution < -0.4 is 4.83 Å². The van der Waals surface area contributed by atoms with Crippen molar-refractivity contribution < 1.29 is 8.42 Å². The summed E-state index contributed by atoms with van der Waals surface area (Å²) in [6.07, 6.45) is 1.37. The van der Waals surface area contributed by atoms with Gasteiger partial charge in [0.05, 0.1) is 21.2 Å². The fourth-order valence-electron chi connectivity index (χ4n) is 1.81. The average Bonchev–Trinajstić information content (AvgIpc) is 2.45. The van der Waals surface area contributed by atoms with Crippen LogP contribution >= 0.6 is 23.2 Å². The summed E-state index contributed by atoms with van der Waals surface area (Å²) in [5.41, 5.74) is 2.15. The zero-order valence-electron chi connectivity index (χ0n) is 12.0. The molecular weight excluding hydrogens is 343 g/mol. The summed E-state index contributed by atoms with van der Waals surface area (Å²) in [6.45, 7) is 3.56. The monoisotopic (exact) mass is 356 g/mol. The number of benzene rings is 2. The van der Waals surface area contributed by atoms with Gasteiger partial charge in [0.15, 0.2) is 0 Å². The smallest absolute Gasteiger partial charge is 0.200 e. The van der Waals surface area contributed by atoms with Crippen molar-refractivity contribution in [3.05, 3.63) is 63.1 Å². The molecule has 4 nitrogen and oxygen atoms in total. The highest BCUT2D eigenvalue weighted by Gasteiger charge is 2.15. The molecule has 0 bridgehead atoms. The van der Waals surface area contributed by atoms with Crippen LogP contribution in [0, 0.1) is 13.8 Å². The van der Waals surface area contributed by atoms with Crippen molar-refractivity contribution in [2.45, 2.75) is 18.7 Å². The van der Waals surface area contributed by atoms with Gasteiger partial charge in [-0.3, -0.25) is 0 Å². The van der Waals surface area contributed by atoms with Crippen LogP contribution in [-0.2, 0) is 10.0 Å². The highest BCUT2D eigenvalue weighted by atomic mass is 35.5. The molecule has 0 unspecified atom stereocenters. The topological polar surface area (TPSA) is 58.5 Å². The Morgan fingerprint density at radius 1 is 1.05 bits per heavy atom. The quantitative estimate of drug-likeness (QED) is 0.666. The third kappa shape index (κ3) is 4.00. The Kier molecular flexibility index (Phi) is 5.11. The molecule has 0 heterocycles. The van der Waals surface area contributed by atoms with Crippen LogP contribution in [0.15, 0.2) is 46.4 Å². The Labute approximate surface area is 139 Å². The number of hydrogen-bond donors (Lipinski definition) is 1. The fourth-order valence-corrected chi connectivity index (χ4v) is 3.24. The van der Waals surface area contributed by atoms with Gasteiger partial charge in [-0.25, -0.2) is 4.83 Å². The highest BCUT2D eigenvalue weighted by molar-refractivity contribution is 7.89. The summed E-state index contributed by atoms with van der Waals surface area (Å²) in [5, 5.41) is 4.57. The van der Waals surface area contributed by atoms with Gasteiger partial charge in [0.2, 0.25) is 0 Å². The maximum atomic E-state index is 12.2. The second kappa shape index (κ2) is 6.69. The van der Waals surface area contributed by atoms with E-state index in [0.717, 1.165) is 5.56 Å². The fraction of sp³-hybridized carbons (Fsp3) is 0.133. The van der Waals surface area contributed by atoms with E-state index in [-0.39, 0.29) is 4.90 Å². The Hall–Kier alpha value is -1.56. The summed E-state index contributed by atoms with van der Waals surface area (Å²) in [4.78, 5) is 2.40. The van der Waals surface area contributed by atoms with Gasteiger partial charge in [-0.2, -0.15) is 13.5 Å². The third-order valence-corrected chi connectivity index (χ3v) is 5.07. The summed E-state index contributed by atoms with van der Waals surface area (Å²) < 4.78 is 24.5. The van der Waals surface area contributed by atoms with E-state index in [2.05, 4.69) is 9.93 Å². The average molecular weight is 357 g/mol. The minimum Gasteiger partial charge on any atom is -0.200 e. The molecule has 7 heteroatoms. The summed E-state index contributed by atoms with van der Waals surface area (Å²) >= 11 is 11.7. The molecule has 0 spiro atoms. The van der Waals surface area contributed by atoms with E-state index >= 15 is 0 Å². The molecule has 0 aromatic heterocycles. The zero-order chi connectivity index (χ0) is 16.3. The van der Waals surface area contributed by atoms with E-state index in [4.69, 9.17) is 23.2 Å². The van der Waals surface area contributed by atoms with Crippen molar-refractivity contribution in [1.29, 1.82) is 0 Å². The molecule has 0 aliphatic carbocycles. The molecule has 2 aromatic carbocycles. The van der Waals surface area contributed by atoms with Crippen LogP contribution in [0.4, 0.5) is 0 Å². The summed E-state index contributed by atoms with van der Waals surface area (Å²) in [7, 11) is -3.71. The van der Waals surface area contributed by atoms with Gasteiger partial charge >= 0.3 is 0 Å². The second-order valence-electron chi connectivity index (χ2n) is 4.80. The number of hydrazone groups is 1. The highest BCUT2D eigenvalue weighted by Crippen LogP contribution is 2.22. The number of hydrogen-bond acceptors (Lipinski definition) is 3. The van der Waals surface area contributed by atoms with E-state index < -0.39 is 10.0 Å². The van der Waals surface area contributed by atoms with Crippen LogP contribution in [-0.4, -0.2) is 14.6 Å². The predicted octanol–water partition coefficient (Wildman–Crippen LogP) is 3.92. The van der Waals surface area contributed by atoms with E-state index in [1.807, 2.05) is 13.0 Å². The molecule has 2 rings (SSSR count). The largest absolute Gasteiger partial charge is 0.276 e. The van der Waals surface area contributed by atoms with Crippen molar-refractivity contribution in [2.24, 2.45) is 5.10 Å². The van der Waals surface area contributed by atoms with E-state index in [1.165, 1.54) is 6.21 Å². The number of nitrogens with one attached hydrogen (secondary N) is 1. The van der Waals surface area contributed by atoms with Gasteiger partial charge in [-0.1, -0.05) is 41.4 Å². The number of halogens is 2. The lowest BCUT2D eigenvalue weighted by Gasteiger charge is -2.07. The van der Waals surface area contributed by atoms with Crippen LogP contribution in [0.3, 0.4) is 0 Å². The molecule has 2 aromatic rings. The summed E-state index contributed by atoms with van der Waals surface area (Å²) in [6, 6.07) is 10.1. The lowest BCUT2D eigenvalue weighted by Crippen LogP contribution is -2.19. The lowest BCUT2D eigenvalue weighted by atomic mass is 10.2. The van der Waals surface area contributed by atoms with Crippen LogP contribution in [0.25, 0.3) is 0 Å². The molecule has 0 aliphatic heterocycles. The summed E-state index contributed by atoms with van der Waals surface area (Å²) in [5.74, 6) is 0. The molecular formula is C15H14Cl2N2O2S. The molecule has 22 heavy (non-hydrogen) atoms. The van der Waals surface area contributed by atoms with Crippen molar-refractivity contribution >= 4 is 39.4 Å². The van der Waals surface area contributed by atoms with Gasteiger partial charge < -0.3 is 0 Å². The molecule has 0 amide bonds. The Balaban J connectivity index is 2.20. The van der Waals surface area contributed by atoms with E-state index in [9.17, 15) is 8.42 Å². The van der Waals surface area contributed by atoms with Gasteiger partial charge in [0.1, 0.15) is 0 Å². The number of sulfonamides is 1. The molecule has 0 aliphatic rings. The molecule has 116 valence electrons. The minimum atomic E-state index is -3.71. The van der Waals surface area contributed by atoms with Crippen molar-refractivity contribution in [3.63, 3.8) is 0 Å². The van der Waals surface area contributed by atoms with Crippen LogP contribution in [0.1, 0.15) is 16.7 Å². The van der Waals surface area contributed by atoms with E-state index in [1.54, 1.807) is 37.3 Å². The third-order valence-electron chi connectivity index (χ3n) is 2.96. The van der Waals surface area contributed by atoms with Gasteiger partial charge in [-0.05, 0) is 48.7 Å². The molecule has 0 saturated heterocycles. The molecule has 0 saturated carbocycles. The van der Waals surface area contributed by atoms with Crippen molar-refractivity contribution in [1.82, 2.24) is 4.83 Å². The maximum Gasteiger partial charge on any atom is 0.276 e. The molecule has 0 radical (unpaired) electrons. The van der Waals surface area contributed by atoms with Gasteiger partial charge in [0, 0.05) is 0 Å². The Morgan fingerprint density at radius 3 is 2.45 bits per heavy atom. The second-order valence-corrected chi connectivity index (χ2v) is 7.24. The van der Waals surface area contributed by atoms with Gasteiger partial charge in [-0.15, -0.1) is 0 Å². The number of nitrogens with zero attached hydrogens (tertiary/aromatic N) is 1. The first-order valence-electron chi connectivity index (χ1n) is 6.37. The van der Waals surface area contributed by atoms with Gasteiger partial charge in [0.25, 0.3) is 10.0 Å². The Bertz CT molecular complexity index is 833. The van der Waals surface area contributed by atoms with E-state index in [0.29, 0.717) is 21.2 Å². The van der Waals surface area contributed by atoms with Crippen molar-refractivity contribution in [2.75, 3.05) is 0 Å². The first kappa shape index (κ1) is 16.8. The molecule has 1 N–H and O–H groups in total. The molecule has 0 atom stereocenters. The zero-order valence-corrected chi connectivity index (χ0v) is 14.3. The first-order valence-corrected chi connectivity index (χ1v) is 8.61. The number of rotatable bonds is 4. The lowest BCUT2D eigenvalue weighted by molar-refractivity contribution is 0.584. The SMILES string of the molecule is Cc1ccc(C)c(S(=O)(=O)N/N=C\c2ccc(Cl)c(Cl)c2)c1. The maximum absolute atomic E-state index is 12.2.